The van der Waals surface area contributed by atoms with Gasteiger partial charge in [0.15, 0.2) is 0 Å². The molecule has 0 fully saturated rings. The summed E-state index contributed by atoms with van der Waals surface area (Å²) in [6.07, 6.45) is -0.0319. The molecule has 0 atom stereocenters. The summed E-state index contributed by atoms with van der Waals surface area (Å²) in [6, 6.07) is 4.59. The average Bonchev–Trinajstić information content (AvgIpc) is 2.34. The van der Waals surface area contributed by atoms with Gasteiger partial charge in [-0.25, -0.2) is 0 Å². The van der Waals surface area contributed by atoms with Crippen LogP contribution in [0.4, 0.5) is 11.4 Å². The third kappa shape index (κ3) is 5.35. The lowest BCUT2D eigenvalue weighted by molar-refractivity contribution is -0.384. The van der Waals surface area contributed by atoms with E-state index in [0.717, 1.165) is 5.56 Å². The van der Waals surface area contributed by atoms with Crippen LogP contribution in [0.15, 0.2) is 18.2 Å². The molecule has 7 nitrogen and oxygen atoms in total. The van der Waals surface area contributed by atoms with Crippen molar-refractivity contribution < 1.29 is 19.6 Å². The fourth-order valence-corrected chi connectivity index (χ4v) is 1.43. The van der Waals surface area contributed by atoms with Crippen molar-refractivity contribution in [1.82, 2.24) is 0 Å². The molecule has 0 bridgehead atoms. The molecule has 0 amide bonds. The van der Waals surface area contributed by atoms with E-state index >= 15 is 0 Å². The van der Waals surface area contributed by atoms with Gasteiger partial charge in [-0.2, -0.15) is 0 Å². The van der Waals surface area contributed by atoms with Gasteiger partial charge in [-0.15, -0.1) is 0 Å². The summed E-state index contributed by atoms with van der Waals surface area (Å²) in [7, 11) is 0. The molecule has 104 valence electrons. The fourth-order valence-electron chi connectivity index (χ4n) is 1.43. The molecule has 1 aromatic carbocycles. The number of rotatable bonds is 8. The molecule has 0 aliphatic rings. The van der Waals surface area contributed by atoms with Crippen molar-refractivity contribution in [2.24, 2.45) is 0 Å². The SMILES string of the molecule is Cc1ccc([N+](=O)[O-])cc1NCCOCCC(=O)O. The Morgan fingerprint density at radius 2 is 2.21 bits per heavy atom. The Morgan fingerprint density at radius 3 is 2.84 bits per heavy atom. The van der Waals surface area contributed by atoms with Gasteiger partial charge in [0, 0.05) is 24.4 Å². The maximum absolute atomic E-state index is 10.6. The molecule has 7 heteroatoms. The van der Waals surface area contributed by atoms with Gasteiger partial charge in [-0.1, -0.05) is 6.07 Å². The molecule has 1 rings (SSSR count). The Kier molecular flexibility index (Phi) is 5.74. The molecular formula is C12H16N2O5. The van der Waals surface area contributed by atoms with E-state index in [1.807, 2.05) is 6.92 Å². The maximum atomic E-state index is 10.6. The van der Waals surface area contributed by atoms with Crippen molar-refractivity contribution in [2.45, 2.75) is 13.3 Å². The number of hydrogen-bond acceptors (Lipinski definition) is 5. The highest BCUT2D eigenvalue weighted by Gasteiger charge is 2.07. The van der Waals surface area contributed by atoms with Gasteiger partial charge in [0.1, 0.15) is 0 Å². The van der Waals surface area contributed by atoms with E-state index in [1.165, 1.54) is 12.1 Å². The van der Waals surface area contributed by atoms with Crippen molar-refractivity contribution in [2.75, 3.05) is 25.1 Å². The molecule has 0 saturated carbocycles. The van der Waals surface area contributed by atoms with Crippen molar-refractivity contribution >= 4 is 17.3 Å². The van der Waals surface area contributed by atoms with E-state index in [4.69, 9.17) is 9.84 Å². The minimum atomic E-state index is -0.900. The molecule has 0 aromatic heterocycles. The summed E-state index contributed by atoms with van der Waals surface area (Å²) < 4.78 is 5.11. The van der Waals surface area contributed by atoms with Crippen molar-refractivity contribution in [3.63, 3.8) is 0 Å². The molecule has 0 unspecified atom stereocenters. The van der Waals surface area contributed by atoms with Crippen LogP contribution >= 0.6 is 0 Å². The number of benzene rings is 1. The Labute approximate surface area is 110 Å². The Hall–Kier alpha value is -2.15. The highest BCUT2D eigenvalue weighted by atomic mass is 16.6. The van der Waals surface area contributed by atoms with E-state index in [2.05, 4.69) is 5.32 Å². The lowest BCUT2D eigenvalue weighted by Crippen LogP contribution is -2.12. The van der Waals surface area contributed by atoms with Crippen molar-refractivity contribution in [3.8, 4) is 0 Å². The van der Waals surface area contributed by atoms with Crippen LogP contribution in [-0.2, 0) is 9.53 Å². The van der Waals surface area contributed by atoms with E-state index in [9.17, 15) is 14.9 Å². The zero-order chi connectivity index (χ0) is 14.3. The largest absolute Gasteiger partial charge is 0.481 e. The van der Waals surface area contributed by atoms with E-state index in [-0.39, 0.29) is 18.7 Å². The summed E-state index contributed by atoms with van der Waals surface area (Å²) in [5.74, 6) is -0.900. The number of carboxylic acid groups (broad SMARTS) is 1. The highest BCUT2D eigenvalue weighted by molar-refractivity contribution is 5.66. The quantitative estimate of drug-likeness (QED) is 0.423. The molecule has 0 aliphatic carbocycles. The van der Waals surface area contributed by atoms with Gasteiger partial charge < -0.3 is 15.2 Å². The molecule has 19 heavy (non-hydrogen) atoms. The minimum Gasteiger partial charge on any atom is -0.481 e. The Balaban J connectivity index is 2.38. The first-order valence-electron chi connectivity index (χ1n) is 5.79. The summed E-state index contributed by atoms with van der Waals surface area (Å²) in [5.41, 5.74) is 1.60. The Bertz CT molecular complexity index is 461. The number of non-ortho nitro benzene ring substituents is 1. The lowest BCUT2D eigenvalue weighted by atomic mass is 10.2. The van der Waals surface area contributed by atoms with E-state index < -0.39 is 10.9 Å². The van der Waals surface area contributed by atoms with Crippen molar-refractivity contribution in [3.05, 3.63) is 33.9 Å². The first kappa shape index (κ1) is 14.9. The molecule has 0 radical (unpaired) electrons. The van der Waals surface area contributed by atoms with E-state index in [1.54, 1.807) is 6.07 Å². The van der Waals surface area contributed by atoms with Crippen LogP contribution in [0.5, 0.6) is 0 Å². The first-order chi connectivity index (χ1) is 9.00. The van der Waals surface area contributed by atoms with Gasteiger partial charge in [-0.3, -0.25) is 14.9 Å². The number of aliphatic carboxylic acids is 1. The number of anilines is 1. The van der Waals surface area contributed by atoms with Crippen LogP contribution in [0.3, 0.4) is 0 Å². The summed E-state index contributed by atoms with van der Waals surface area (Å²) in [4.78, 5) is 20.4. The van der Waals surface area contributed by atoms with Crippen LogP contribution in [0.25, 0.3) is 0 Å². The maximum Gasteiger partial charge on any atom is 0.305 e. The predicted molar refractivity (Wildman–Crippen MR) is 69.4 cm³/mol. The number of nitrogens with one attached hydrogen (secondary N) is 1. The average molecular weight is 268 g/mol. The number of nitrogens with zero attached hydrogens (tertiary/aromatic N) is 1. The Morgan fingerprint density at radius 1 is 1.47 bits per heavy atom. The number of nitro benzene ring substituents is 1. The van der Waals surface area contributed by atoms with Crippen LogP contribution in [0.2, 0.25) is 0 Å². The van der Waals surface area contributed by atoms with Crippen LogP contribution in [0, 0.1) is 17.0 Å². The summed E-state index contributed by atoms with van der Waals surface area (Å²) in [6.45, 7) is 2.80. The number of aryl methyl sites for hydroxylation is 1. The number of carboxylic acids is 1. The molecule has 0 spiro atoms. The van der Waals surface area contributed by atoms with Gasteiger partial charge in [-0.05, 0) is 12.5 Å². The highest BCUT2D eigenvalue weighted by Crippen LogP contribution is 2.21. The molecule has 1 aromatic rings. The van der Waals surface area contributed by atoms with Gasteiger partial charge >= 0.3 is 5.97 Å². The first-order valence-corrected chi connectivity index (χ1v) is 5.79. The second kappa shape index (κ2) is 7.32. The van der Waals surface area contributed by atoms with Crippen LogP contribution < -0.4 is 5.32 Å². The summed E-state index contributed by atoms with van der Waals surface area (Å²) >= 11 is 0. The molecule has 0 saturated heterocycles. The number of ether oxygens (including phenoxy) is 1. The standard InChI is InChI=1S/C12H16N2O5/c1-9-2-3-10(14(17)18)8-11(9)13-5-7-19-6-4-12(15)16/h2-3,8,13H,4-7H2,1H3,(H,15,16). The lowest BCUT2D eigenvalue weighted by Gasteiger charge is -2.09. The monoisotopic (exact) mass is 268 g/mol. The molecule has 2 N–H and O–H groups in total. The normalized spacial score (nSPS) is 10.2. The second-order valence-corrected chi connectivity index (χ2v) is 3.94. The third-order valence-corrected chi connectivity index (χ3v) is 2.45. The second-order valence-electron chi connectivity index (χ2n) is 3.94. The van der Waals surface area contributed by atoms with Gasteiger partial charge in [0.25, 0.3) is 5.69 Å². The number of carbonyl (C=O) groups is 1. The summed E-state index contributed by atoms with van der Waals surface area (Å²) in [5, 5.41) is 22.1. The third-order valence-electron chi connectivity index (χ3n) is 2.45. The van der Waals surface area contributed by atoms with Crippen LogP contribution in [0.1, 0.15) is 12.0 Å². The molecule has 0 heterocycles. The van der Waals surface area contributed by atoms with Gasteiger partial charge in [0.05, 0.1) is 24.6 Å². The molecule has 0 aliphatic heterocycles. The smallest absolute Gasteiger partial charge is 0.305 e. The predicted octanol–water partition coefficient (Wildman–Crippen LogP) is 1.81. The van der Waals surface area contributed by atoms with Crippen LogP contribution in [-0.4, -0.2) is 35.8 Å². The zero-order valence-corrected chi connectivity index (χ0v) is 10.6. The zero-order valence-electron chi connectivity index (χ0n) is 10.6. The van der Waals surface area contributed by atoms with Crippen molar-refractivity contribution in [1.29, 1.82) is 0 Å². The van der Waals surface area contributed by atoms with Gasteiger partial charge in [0.2, 0.25) is 0 Å². The topological polar surface area (TPSA) is 102 Å². The van der Waals surface area contributed by atoms with E-state index in [0.29, 0.717) is 18.8 Å². The fraction of sp³-hybridized carbons (Fsp3) is 0.417. The number of nitro groups is 1. The minimum absolute atomic E-state index is 0.0277. The number of hydrogen-bond donors (Lipinski definition) is 2. The molecular weight excluding hydrogens is 252 g/mol.